The average molecular weight is 224 g/mol. The number of carbonyl (C=O) groups is 1. The van der Waals surface area contributed by atoms with E-state index in [-0.39, 0.29) is 11.9 Å². The molecule has 1 heterocycles. The molecule has 0 aliphatic carbocycles. The molecule has 0 aromatic carbocycles. The number of carbonyl (C=O) groups excluding carboxylic acids is 1. The molecule has 1 aromatic rings. The summed E-state index contributed by atoms with van der Waals surface area (Å²) < 4.78 is 1.80. The first-order valence-electron chi connectivity index (χ1n) is 5.65. The SMILES string of the molecule is CCC[C@H](N)C(=O)NCCc1ccnn1C. The summed E-state index contributed by atoms with van der Waals surface area (Å²) >= 11 is 0. The molecule has 1 aromatic heterocycles. The zero-order valence-electron chi connectivity index (χ0n) is 9.94. The molecular weight excluding hydrogens is 204 g/mol. The molecule has 16 heavy (non-hydrogen) atoms. The highest BCUT2D eigenvalue weighted by molar-refractivity contribution is 5.81. The molecule has 0 saturated carbocycles. The number of amides is 1. The Morgan fingerprint density at radius 1 is 1.69 bits per heavy atom. The van der Waals surface area contributed by atoms with Gasteiger partial charge in [0.25, 0.3) is 0 Å². The normalized spacial score (nSPS) is 12.4. The van der Waals surface area contributed by atoms with Crippen LogP contribution in [0.15, 0.2) is 12.3 Å². The molecule has 1 rings (SSSR count). The fourth-order valence-corrected chi connectivity index (χ4v) is 1.53. The van der Waals surface area contributed by atoms with Gasteiger partial charge in [0.1, 0.15) is 0 Å². The summed E-state index contributed by atoms with van der Waals surface area (Å²) in [5.41, 5.74) is 6.79. The predicted molar refractivity (Wildman–Crippen MR) is 62.8 cm³/mol. The van der Waals surface area contributed by atoms with Crippen molar-refractivity contribution in [2.75, 3.05) is 6.54 Å². The van der Waals surface area contributed by atoms with Crippen molar-refractivity contribution in [2.45, 2.75) is 32.2 Å². The lowest BCUT2D eigenvalue weighted by atomic mass is 10.1. The van der Waals surface area contributed by atoms with Crippen LogP contribution in [-0.2, 0) is 18.3 Å². The van der Waals surface area contributed by atoms with Gasteiger partial charge in [-0.1, -0.05) is 13.3 Å². The number of hydrogen-bond acceptors (Lipinski definition) is 3. The van der Waals surface area contributed by atoms with E-state index in [1.54, 1.807) is 10.9 Å². The van der Waals surface area contributed by atoms with E-state index in [1.165, 1.54) is 0 Å². The summed E-state index contributed by atoms with van der Waals surface area (Å²) in [6.45, 7) is 2.62. The van der Waals surface area contributed by atoms with Gasteiger partial charge in [0.15, 0.2) is 0 Å². The maximum absolute atomic E-state index is 11.5. The molecule has 3 N–H and O–H groups in total. The number of hydrogen-bond donors (Lipinski definition) is 2. The summed E-state index contributed by atoms with van der Waals surface area (Å²) in [4.78, 5) is 11.5. The summed E-state index contributed by atoms with van der Waals surface area (Å²) in [6.07, 6.45) is 4.19. The van der Waals surface area contributed by atoms with Gasteiger partial charge in [-0.15, -0.1) is 0 Å². The zero-order chi connectivity index (χ0) is 12.0. The first kappa shape index (κ1) is 12.7. The lowest BCUT2D eigenvalue weighted by molar-refractivity contribution is -0.122. The molecule has 90 valence electrons. The van der Waals surface area contributed by atoms with Crippen LogP contribution >= 0.6 is 0 Å². The van der Waals surface area contributed by atoms with Crippen molar-refractivity contribution in [3.8, 4) is 0 Å². The van der Waals surface area contributed by atoms with E-state index < -0.39 is 0 Å². The van der Waals surface area contributed by atoms with E-state index in [9.17, 15) is 4.79 Å². The molecule has 0 fully saturated rings. The highest BCUT2D eigenvalue weighted by Gasteiger charge is 2.11. The lowest BCUT2D eigenvalue weighted by Crippen LogP contribution is -2.41. The molecule has 1 atom stereocenters. The topological polar surface area (TPSA) is 72.9 Å². The van der Waals surface area contributed by atoms with E-state index in [4.69, 9.17) is 5.73 Å². The molecule has 0 aliphatic heterocycles. The third-order valence-electron chi connectivity index (χ3n) is 2.54. The fourth-order valence-electron chi connectivity index (χ4n) is 1.53. The van der Waals surface area contributed by atoms with E-state index in [0.717, 1.165) is 25.0 Å². The van der Waals surface area contributed by atoms with Crippen LogP contribution in [-0.4, -0.2) is 28.3 Å². The van der Waals surface area contributed by atoms with Crippen LogP contribution in [0.5, 0.6) is 0 Å². The number of nitrogens with two attached hydrogens (primary N) is 1. The van der Waals surface area contributed by atoms with Gasteiger partial charge in [0, 0.05) is 31.9 Å². The van der Waals surface area contributed by atoms with Crippen molar-refractivity contribution in [1.82, 2.24) is 15.1 Å². The van der Waals surface area contributed by atoms with Crippen molar-refractivity contribution in [1.29, 1.82) is 0 Å². The summed E-state index contributed by atoms with van der Waals surface area (Å²) in [7, 11) is 1.89. The predicted octanol–water partition coefficient (Wildman–Crippen LogP) is 0.206. The summed E-state index contributed by atoms with van der Waals surface area (Å²) in [5, 5.41) is 6.89. The Labute approximate surface area is 96.0 Å². The molecule has 0 bridgehead atoms. The molecule has 5 nitrogen and oxygen atoms in total. The molecule has 0 radical (unpaired) electrons. The second kappa shape index (κ2) is 6.27. The van der Waals surface area contributed by atoms with E-state index in [2.05, 4.69) is 10.4 Å². The second-order valence-corrected chi connectivity index (χ2v) is 3.88. The van der Waals surface area contributed by atoms with Crippen molar-refractivity contribution in [3.05, 3.63) is 18.0 Å². The highest BCUT2D eigenvalue weighted by atomic mass is 16.2. The molecule has 5 heteroatoms. The van der Waals surface area contributed by atoms with Gasteiger partial charge < -0.3 is 11.1 Å². The Morgan fingerprint density at radius 3 is 3.00 bits per heavy atom. The Kier molecular flexibility index (Phi) is 4.98. The summed E-state index contributed by atoms with van der Waals surface area (Å²) in [5.74, 6) is -0.0657. The third kappa shape index (κ3) is 3.66. The minimum atomic E-state index is -0.378. The molecule has 0 spiro atoms. The number of nitrogens with one attached hydrogen (secondary N) is 1. The minimum Gasteiger partial charge on any atom is -0.354 e. The van der Waals surface area contributed by atoms with Gasteiger partial charge in [0.2, 0.25) is 5.91 Å². The van der Waals surface area contributed by atoms with Crippen LogP contribution in [0.4, 0.5) is 0 Å². The van der Waals surface area contributed by atoms with Crippen molar-refractivity contribution in [3.63, 3.8) is 0 Å². The number of aryl methyl sites for hydroxylation is 1. The minimum absolute atomic E-state index is 0.0657. The first-order valence-corrected chi connectivity index (χ1v) is 5.65. The standard InChI is InChI=1S/C11H20N4O/c1-3-4-10(12)11(16)13-7-5-9-6-8-14-15(9)2/h6,8,10H,3-5,7,12H2,1-2H3,(H,13,16)/t10-/m0/s1. The monoisotopic (exact) mass is 224 g/mol. The molecule has 0 unspecified atom stereocenters. The van der Waals surface area contributed by atoms with Gasteiger partial charge in [-0.05, 0) is 12.5 Å². The van der Waals surface area contributed by atoms with Crippen LogP contribution in [0.25, 0.3) is 0 Å². The first-order chi connectivity index (χ1) is 7.65. The smallest absolute Gasteiger partial charge is 0.236 e. The third-order valence-corrected chi connectivity index (χ3v) is 2.54. The van der Waals surface area contributed by atoms with Crippen LogP contribution in [0.2, 0.25) is 0 Å². The average Bonchev–Trinajstić information content (AvgIpc) is 2.65. The Balaban J connectivity index is 2.25. The molecule has 1 amide bonds. The Bertz CT molecular complexity index is 334. The van der Waals surface area contributed by atoms with Gasteiger partial charge in [-0.2, -0.15) is 5.10 Å². The molecular formula is C11H20N4O. The Morgan fingerprint density at radius 2 is 2.44 bits per heavy atom. The van der Waals surface area contributed by atoms with Crippen LogP contribution in [0.1, 0.15) is 25.5 Å². The number of aromatic nitrogens is 2. The van der Waals surface area contributed by atoms with E-state index in [1.807, 2.05) is 20.0 Å². The number of nitrogens with zero attached hydrogens (tertiary/aromatic N) is 2. The maximum Gasteiger partial charge on any atom is 0.236 e. The summed E-state index contributed by atoms with van der Waals surface area (Å²) in [6, 6.07) is 1.56. The molecule has 0 saturated heterocycles. The van der Waals surface area contributed by atoms with Crippen molar-refractivity contribution < 1.29 is 4.79 Å². The van der Waals surface area contributed by atoms with Crippen LogP contribution < -0.4 is 11.1 Å². The van der Waals surface area contributed by atoms with Crippen molar-refractivity contribution in [2.24, 2.45) is 12.8 Å². The van der Waals surface area contributed by atoms with E-state index in [0.29, 0.717) is 6.54 Å². The van der Waals surface area contributed by atoms with E-state index >= 15 is 0 Å². The quantitative estimate of drug-likeness (QED) is 0.725. The van der Waals surface area contributed by atoms with Crippen molar-refractivity contribution >= 4 is 5.91 Å². The fraction of sp³-hybridized carbons (Fsp3) is 0.636. The highest BCUT2D eigenvalue weighted by Crippen LogP contribution is 1.97. The Hall–Kier alpha value is -1.36. The van der Waals surface area contributed by atoms with Crippen LogP contribution in [0.3, 0.4) is 0 Å². The second-order valence-electron chi connectivity index (χ2n) is 3.88. The molecule has 0 aliphatic rings. The van der Waals surface area contributed by atoms with Gasteiger partial charge in [-0.25, -0.2) is 0 Å². The van der Waals surface area contributed by atoms with Gasteiger partial charge in [-0.3, -0.25) is 9.48 Å². The number of rotatable bonds is 6. The largest absolute Gasteiger partial charge is 0.354 e. The van der Waals surface area contributed by atoms with Crippen LogP contribution in [0, 0.1) is 0 Å². The lowest BCUT2D eigenvalue weighted by Gasteiger charge is -2.10. The van der Waals surface area contributed by atoms with Gasteiger partial charge >= 0.3 is 0 Å². The zero-order valence-corrected chi connectivity index (χ0v) is 9.94. The maximum atomic E-state index is 11.5. The van der Waals surface area contributed by atoms with Gasteiger partial charge in [0.05, 0.1) is 6.04 Å².